The Kier molecular flexibility index (Phi) is 12.7. The number of ether oxygens (including phenoxy) is 2. The van der Waals surface area contributed by atoms with E-state index in [0.717, 1.165) is 58.7 Å². The highest BCUT2D eigenvalue weighted by atomic mass is 79.9. The van der Waals surface area contributed by atoms with Crippen molar-refractivity contribution in [1.82, 2.24) is 10.3 Å². The van der Waals surface area contributed by atoms with E-state index in [9.17, 15) is 4.79 Å². The van der Waals surface area contributed by atoms with Crippen LogP contribution in [0.1, 0.15) is 54.2 Å². The average Bonchev–Trinajstić information content (AvgIpc) is 3.66. The summed E-state index contributed by atoms with van der Waals surface area (Å²) in [6.45, 7) is 0.462. The number of hydrogen-bond donors (Lipinski definition) is 2. The lowest BCUT2D eigenvalue weighted by molar-refractivity contribution is -0.139. The van der Waals surface area contributed by atoms with Crippen molar-refractivity contribution < 1.29 is 19.4 Å². The van der Waals surface area contributed by atoms with Gasteiger partial charge in [-0.1, -0.05) is 75.0 Å². The molecule has 3 heterocycles. The second-order valence-electron chi connectivity index (χ2n) is 12.0. The van der Waals surface area contributed by atoms with Crippen molar-refractivity contribution in [3.63, 3.8) is 0 Å². The number of benzene rings is 3. The Balaban J connectivity index is 0.000000281. The first-order valence-corrected chi connectivity index (χ1v) is 19.9. The topological polar surface area (TPSA) is 80.7 Å². The Morgan fingerprint density at radius 1 is 1.02 bits per heavy atom. The first-order valence-electron chi connectivity index (χ1n) is 16.1. The minimum Gasteiger partial charge on any atom is -0.480 e. The van der Waals surface area contributed by atoms with E-state index in [2.05, 4.69) is 80.5 Å². The van der Waals surface area contributed by atoms with Crippen LogP contribution in [0.3, 0.4) is 0 Å². The number of piperidine rings is 1. The number of thioether (sulfide) groups is 1. The normalized spacial score (nSPS) is 19.8. The number of aryl methyl sites for hydroxylation is 1. The van der Waals surface area contributed by atoms with Crippen LogP contribution in [-0.4, -0.2) is 34.5 Å². The van der Waals surface area contributed by atoms with Gasteiger partial charge in [-0.2, -0.15) is 11.3 Å². The number of halogens is 4. The van der Waals surface area contributed by atoms with Gasteiger partial charge >= 0.3 is 5.97 Å². The number of thiophene rings is 1. The van der Waals surface area contributed by atoms with Crippen molar-refractivity contribution >= 4 is 79.8 Å². The third kappa shape index (κ3) is 9.17. The number of aliphatic carboxylic acids is 1. The summed E-state index contributed by atoms with van der Waals surface area (Å²) in [5.74, 6) is -0.0428. The summed E-state index contributed by atoms with van der Waals surface area (Å²) in [6, 6.07) is 27.7. The molecule has 2 aliphatic rings. The second-order valence-corrected chi connectivity index (χ2v) is 16.3. The highest BCUT2D eigenvalue weighted by Crippen LogP contribution is 2.43. The average molecular weight is 833 g/mol. The molecule has 0 saturated carbocycles. The summed E-state index contributed by atoms with van der Waals surface area (Å²) in [7, 11) is 0. The van der Waals surface area contributed by atoms with Crippen LogP contribution in [0.4, 0.5) is 0 Å². The first-order chi connectivity index (χ1) is 24.2. The monoisotopic (exact) mass is 830 g/mol. The van der Waals surface area contributed by atoms with Crippen molar-refractivity contribution in [3.05, 3.63) is 138 Å². The Labute approximate surface area is 323 Å². The molecule has 5 aromatic rings. The summed E-state index contributed by atoms with van der Waals surface area (Å²) in [5.41, 5.74) is 4.62. The third-order valence-corrected chi connectivity index (χ3v) is 12.1. The maximum absolute atomic E-state index is 10.2. The van der Waals surface area contributed by atoms with E-state index in [1.165, 1.54) is 28.8 Å². The summed E-state index contributed by atoms with van der Waals surface area (Å²) in [6.07, 6.45) is 5.29. The van der Waals surface area contributed by atoms with Gasteiger partial charge in [-0.3, -0.25) is 0 Å². The predicted molar refractivity (Wildman–Crippen MR) is 208 cm³/mol. The van der Waals surface area contributed by atoms with Gasteiger partial charge < -0.3 is 19.9 Å². The molecule has 7 rings (SSSR count). The number of fused-ring (bicyclic) bond motifs is 1. The van der Waals surface area contributed by atoms with Crippen LogP contribution in [0.15, 0.2) is 105 Å². The van der Waals surface area contributed by atoms with Gasteiger partial charge in [-0.05, 0) is 114 Å². The van der Waals surface area contributed by atoms with Crippen LogP contribution in [0, 0.1) is 0 Å². The lowest BCUT2D eigenvalue weighted by atomic mass is 9.80. The number of nitrogens with zero attached hydrogens (tertiary/aromatic N) is 1. The summed E-state index contributed by atoms with van der Waals surface area (Å²) in [5, 5.41) is 18.7. The van der Waals surface area contributed by atoms with Crippen molar-refractivity contribution in [3.8, 4) is 11.6 Å². The third-order valence-electron chi connectivity index (χ3n) is 8.65. The fourth-order valence-electron chi connectivity index (χ4n) is 6.24. The van der Waals surface area contributed by atoms with Crippen LogP contribution < -0.4 is 14.8 Å². The number of rotatable bonds is 9. The molecule has 0 bridgehead atoms. The standard InChI is InChI=1S/C30H28BrClN2OS2.C8H6Cl2O3/c31-22-12-11-20-5-3-7-26(24(20)17-22)35-29-10-4-9-28(34-29)30(21-14-16-36-19-21)15-13-23(18-33-30)37-27-8-2-1-6-25(27)32;9-5-1-2-7(6(10)3-5)13-4-8(11)12/h1-2,4,6,8-12,14,16-17,19,23,26,33H,3,5,7,13,15,18H2;1-3H,4H2,(H,11,12). The number of pyridine rings is 1. The van der Waals surface area contributed by atoms with E-state index in [1.54, 1.807) is 17.4 Å². The van der Waals surface area contributed by atoms with Crippen LogP contribution in [0.5, 0.6) is 11.6 Å². The molecule has 3 atom stereocenters. The van der Waals surface area contributed by atoms with E-state index >= 15 is 0 Å². The zero-order valence-corrected chi connectivity index (χ0v) is 32.3. The summed E-state index contributed by atoms with van der Waals surface area (Å²) < 4.78 is 12.5. The van der Waals surface area contributed by atoms with Gasteiger partial charge in [0.1, 0.15) is 11.9 Å². The lowest BCUT2D eigenvalue weighted by Crippen LogP contribution is -2.50. The van der Waals surface area contributed by atoms with E-state index < -0.39 is 12.6 Å². The van der Waals surface area contributed by atoms with Crippen molar-refractivity contribution in [1.29, 1.82) is 0 Å². The van der Waals surface area contributed by atoms with Gasteiger partial charge in [0, 0.05) is 32.3 Å². The highest BCUT2D eigenvalue weighted by Gasteiger charge is 2.40. The Morgan fingerprint density at radius 2 is 1.88 bits per heavy atom. The van der Waals surface area contributed by atoms with Crippen LogP contribution >= 0.6 is 73.8 Å². The molecule has 0 radical (unpaired) electrons. The SMILES string of the molecule is Clc1ccccc1SC1CCC(c2ccsc2)(c2cccc(OC3CCCc4ccc(Br)cc43)n2)NC1.O=C(O)COc1ccc(Cl)cc1Cl. The Hall–Kier alpha value is -2.76. The largest absolute Gasteiger partial charge is 0.480 e. The molecule has 3 aromatic carbocycles. The fourth-order valence-corrected chi connectivity index (χ4v) is 9.18. The number of carbonyl (C=O) groups is 1. The molecule has 2 aromatic heterocycles. The number of hydrogen-bond acceptors (Lipinski definition) is 7. The Bertz CT molecular complexity index is 1920. The lowest BCUT2D eigenvalue weighted by Gasteiger charge is -2.41. The van der Waals surface area contributed by atoms with Gasteiger partial charge in [0.05, 0.1) is 21.3 Å². The molecular weight excluding hydrogens is 799 g/mol. The fraction of sp³-hybridized carbons (Fsp3) is 0.263. The number of carboxylic acid groups (broad SMARTS) is 1. The van der Waals surface area contributed by atoms with Gasteiger partial charge in [-0.15, -0.1) is 11.8 Å². The minimum absolute atomic E-state index is 0.0248. The van der Waals surface area contributed by atoms with Crippen molar-refractivity contribution in [2.75, 3.05) is 13.2 Å². The molecule has 0 amide bonds. The van der Waals surface area contributed by atoms with Crippen LogP contribution in [0.2, 0.25) is 15.1 Å². The molecule has 1 saturated heterocycles. The molecule has 1 fully saturated rings. The van der Waals surface area contributed by atoms with E-state index in [1.807, 2.05) is 30.0 Å². The minimum atomic E-state index is -1.05. The second kappa shape index (κ2) is 17.2. The van der Waals surface area contributed by atoms with Gasteiger partial charge in [0.2, 0.25) is 5.88 Å². The summed E-state index contributed by atoms with van der Waals surface area (Å²) >= 11 is 25.0. The molecule has 12 heteroatoms. The molecular formula is C38H34BrCl3N2O4S2. The quantitative estimate of drug-likeness (QED) is 0.153. The molecule has 3 unspecified atom stereocenters. The molecule has 260 valence electrons. The van der Waals surface area contributed by atoms with Gasteiger partial charge in [0.15, 0.2) is 6.61 Å². The number of nitrogens with one attached hydrogen (secondary N) is 1. The highest BCUT2D eigenvalue weighted by molar-refractivity contribution is 9.10. The molecule has 1 aliphatic heterocycles. The predicted octanol–water partition coefficient (Wildman–Crippen LogP) is 11.3. The zero-order valence-electron chi connectivity index (χ0n) is 26.8. The molecule has 0 spiro atoms. The first kappa shape index (κ1) is 37.0. The maximum Gasteiger partial charge on any atom is 0.341 e. The van der Waals surface area contributed by atoms with E-state index in [4.69, 9.17) is 54.4 Å². The Morgan fingerprint density at radius 3 is 2.62 bits per heavy atom. The zero-order chi connectivity index (χ0) is 35.1. The van der Waals surface area contributed by atoms with Crippen molar-refractivity contribution in [2.45, 2.75) is 53.9 Å². The molecule has 2 N–H and O–H groups in total. The molecule has 6 nitrogen and oxygen atoms in total. The van der Waals surface area contributed by atoms with E-state index in [0.29, 0.717) is 26.9 Å². The number of carboxylic acids is 1. The molecule has 1 aliphatic carbocycles. The van der Waals surface area contributed by atoms with Crippen molar-refractivity contribution in [2.24, 2.45) is 0 Å². The van der Waals surface area contributed by atoms with Crippen LogP contribution in [-0.2, 0) is 16.8 Å². The van der Waals surface area contributed by atoms with Gasteiger partial charge in [-0.25, -0.2) is 9.78 Å². The summed E-state index contributed by atoms with van der Waals surface area (Å²) in [4.78, 5) is 16.4. The van der Waals surface area contributed by atoms with Crippen LogP contribution in [0.25, 0.3) is 0 Å². The molecule has 50 heavy (non-hydrogen) atoms. The van der Waals surface area contributed by atoms with E-state index in [-0.39, 0.29) is 11.6 Å². The number of aromatic nitrogens is 1. The van der Waals surface area contributed by atoms with Gasteiger partial charge in [0.25, 0.3) is 0 Å². The smallest absolute Gasteiger partial charge is 0.341 e. The maximum atomic E-state index is 10.2.